The number of nitrogens with zero attached hydrogens (tertiary/aromatic N) is 3. The third kappa shape index (κ3) is 6.91. The third-order valence-electron chi connectivity index (χ3n) is 5.20. The maximum absolute atomic E-state index is 14.6. The lowest BCUT2D eigenvalue weighted by Crippen LogP contribution is -2.31. The van der Waals surface area contributed by atoms with Crippen LogP contribution in [0.1, 0.15) is 51.0 Å². The molecule has 0 saturated carbocycles. The number of hydrogen-bond donors (Lipinski definition) is 1. The number of urea groups is 1. The van der Waals surface area contributed by atoms with Crippen molar-refractivity contribution in [3.05, 3.63) is 53.4 Å². The number of primary amides is 1. The van der Waals surface area contributed by atoms with Gasteiger partial charge in [0.25, 0.3) is 0 Å². The average molecular weight is 511 g/mol. The number of rotatable bonds is 11. The van der Waals surface area contributed by atoms with Gasteiger partial charge in [-0.2, -0.15) is 17.6 Å². The monoisotopic (exact) mass is 510 g/mol. The van der Waals surface area contributed by atoms with Crippen molar-refractivity contribution in [3.8, 4) is 17.0 Å². The zero-order valence-electron chi connectivity index (χ0n) is 19.1. The van der Waals surface area contributed by atoms with E-state index in [0.717, 1.165) is 49.1 Å². The molecule has 2 aromatic heterocycles. The van der Waals surface area contributed by atoms with Crippen LogP contribution < -0.4 is 15.4 Å². The molecule has 2 N–H and O–H groups in total. The van der Waals surface area contributed by atoms with E-state index >= 15 is 0 Å². The fraction of sp³-hybridized carbons (Fsp3) is 0.375. The summed E-state index contributed by atoms with van der Waals surface area (Å²) < 4.78 is 61.4. The Morgan fingerprint density at radius 3 is 2.54 bits per heavy atom. The Balaban J connectivity index is 1.85. The minimum atomic E-state index is -4.75. The van der Waals surface area contributed by atoms with Crippen LogP contribution in [0.3, 0.4) is 0 Å². The number of carbonyl (C=O) groups is 1. The molecule has 0 fully saturated rings. The maximum Gasteiger partial charge on any atom is 0.420 e. The molecule has 6 nitrogen and oxygen atoms in total. The first-order chi connectivity index (χ1) is 16.7. The van der Waals surface area contributed by atoms with Gasteiger partial charge in [-0.3, -0.25) is 4.98 Å². The maximum atomic E-state index is 14.6. The Kier molecular flexibility index (Phi) is 9.02. The number of benzene rings is 1. The smallest absolute Gasteiger partial charge is 0.420 e. The summed E-state index contributed by atoms with van der Waals surface area (Å²) in [6.07, 6.45) is 3.96. The standard InChI is InChI=1S/C24H26F4N4O2S/c1-2-3-4-5-6-7-13-34-19-11-10-17(14-18(19)24(26,27)28)32(22(29)33)23-31-20(21(25)35-23)16-9-8-12-30-15-16/h8-12,14-15H,2-7,13H2,1H3,(H2,29,33). The highest BCUT2D eigenvalue weighted by Gasteiger charge is 2.36. The fourth-order valence-electron chi connectivity index (χ4n) is 3.47. The number of hydrogen-bond acceptors (Lipinski definition) is 5. The highest BCUT2D eigenvalue weighted by atomic mass is 32.1. The van der Waals surface area contributed by atoms with Crippen LogP contribution in [0.2, 0.25) is 0 Å². The van der Waals surface area contributed by atoms with Gasteiger partial charge in [-0.15, -0.1) is 0 Å². The molecule has 35 heavy (non-hydrogen) atoms. The summed E-state index contributed by atoms with van der Waals surface area (Å²) in [6, 6.07) is 5.20. The minimum absolute atomic E-state index is 0.0840. The zero-order valence-corrected chi connectivity index (χ0v) is 20.0. The van der Waals surface area contributed by atoms with Gasteiger partial charge in [0, 0.05) is 18.0 Å². The molecule has 11 heteroatoms. The van der Waals surface area contributed by atoms with Gasteiger partial charge in [0.05, 0.1) is 17.9 Å². The topological polar surface area (TPSA) is 81.3 Å². The van der Waals surface area contributed by atoms with Crippen molar-refractivity contribution < 1.29 is 27.1 Å². The zero-order chi connectivity index (χ0) is 25.4. The summed E-state index contributed by atoms with van der Waals surface area (Å²) in [5, 5.41) is -0.933. The van der Waals surface area contributed by atoms with Gasteiger partial charge >= 0.3 is 12.2 Å². The lowest BCUT2D eigenvalue weighted by atomic mass is 10.1. The molecule has 3 rings (SSSR count). The highest BCUT2D eigenvalue weighted by molar-refractivity contribution is 7.14. The van der Waals surface area contributed by atoms with Gasteiger partial charge in [0.15, 0.2) is 0 Å². The van der Waals surface area contributed by atoms with Crippen LogP contribution in [0.5, 0.6) is 5.75 Å². The van der Waals surface area contributed by atoms with Crippen LogP contribution in [0.4, 0.5) is 33.2 Å². The van der Waals surface area contributed by atoms with Crippen molar-refractivity contribution in [3.63, 3.8) is 0 Å². The molecule has 3 aromatic rings. The summed E-state index contributed by atoms with van der Waals surface area (Å²) >= 11 is 0.490. The number of nitrogens with two attached hydrogens (primary N) is 1. The first kappa shape index (κ1) is 26.4. The predicted molar refractivity (Wildman–Crippen MR) is 127 cm³/mol. The largest absolute Gasteiger partial charge is 0.493 e. The van der Waals surface area contributed by atoms with Crippen LogP contribution in [-0.4, -0.2) is 22.6 Å². The fourth-order valence-corrected chi connectivity index (χ4v) is 4.31. The molecular weight excluding hydrogens is 484 g/mol. The molecule has 0 aliphatic heterocycles. The summed E-state index contributed by atoms with van der Waals surface area (Å²) in [6.45, 7) is 2.25. The number of thiazole rings is 1. The van der Waals surface area contributed by atoms with E-state index in [0.29, 0.717) is 23.3 Å². The SMILES string of the molecule is CCCCCCCCOc1ccc(N(C(N)=O)c2nc(-c3cccnc3)c(F)s2)cc1C(F)(F)F. The third-order valence-corrected chi connectivity index (χ3v) is 6.03. The lowest BCUT2D eigenvalue weighted by Gasteiger charge is -2.21. The van der Waals surface area contributed by atoms with Crippen LogP contribution in [0, 0.1) is 5.13 Å². The predicted octanol–water partition coefficient (Wildman–Crippen LogP) is 7.32. The Morgan fingerprint density at radius 2 is 1.89 bits per heavy atom. The van der Waals surface area contributed by atoms with E-state index in [1.807, 2.05) is 0 Å². The molecule has 2 heterocycles. The van der Waals surface area contributed by atoms with E-state index in [1.54, 1.807) is 12.1 Å². The average Bonchev–Trinajstić information content (AvgIpc) is 3.19. The van der Waals surface area contributed by atoms with E-state index in [-0.39, 0.29) is 28.9 Å². The van der Waals surface area contributed by atoms with Crippen LogP contribution in [0.15, 0.2) is 42.7 Å². The van der Waals surface area contributed by atoms with E-state index < -0.39 is 22.9 Å². The van der Waals surface area contributed by atoms with Gasteiger partial charge in [-0.1, -0.05) is 50.4 Å². The first-order valence-corrected chi connectivity index (χ1v) is 12.0. The minimum Gasteiger partial charge on any atom is -0.493 e. The van der Waals surface area contributed by atoms with Crippen molar-refractivity contribution in [1.29, 1.82) is 0 Å². The molecule has 0 unspecified atom stereocenters. The number of unbranched alkanes of at least 4 members (excludes halogenated alkanes) is 5. The number of carbonyl (C=O) groups excluding carboxylic acids is 1. The van der Waals surface area contributed by atoms with E-state index in [2.05, 4.69) is 16.9 Å². The molecule has 0 aliphatic rings. The molecule has 0 aliphatic carbocycles. The van der Waals surface area contributed by atoms with Gasteiger partial charge in [-0.05, 0) is 36.8 Å². The second-order valence-electron chi connectivity index (χ2n) is 7.83. The second-order valence-corrected chi connectivity index (χ2v) is 8.76. The molecule has 0 atom stereocenters. The van der Waals surface area contributed by atoms with Crippen LogP contribution in [-0.2, 0) is 6.18 Å². The van der Waals surface area contributed by atoms with Gasteiger partial charge in [-0.25, -0.2) is 14.7 Å². The lowest BCUT2D eigenvalue weighted by molar-refractivity contribution is -0.138. The van der Waals surface area contributed by atoms with E-state index in [9.17, 15) is 22.4 Å². The summed E-state index contributed by atoms with van der Waals surface area (Å²) in [5.41, 5.74) is 4.46. The van der Waals surface area contributed by atoms with Crippen molar-refractivity contribution in [2.75, 3.05) is 11.5 Å². The molecular formula is C24H26F4N4O2S. The molecule has 0 spiro atoms. The molecule has 0 saturated heterocycles. The Labute approximate surface area is 204 Å². The molecule has 1 aromatic carbocycles. The quantitative estimate of drug-likeness (QED) is 0.216. The number of amides is 2. The second kappa shape index (κ2) is 12.0. The number of alkyl halides is 3. The molecule has 0 bridgehead atoms. The number of ether oxygens (including phenoxy) is 1. The van der Waals surface area contributed by atoms with Crippen LogP contribution in [0.25, 0.3) is 11.3 Å². The normalized spacial score (nSPS) is 11.5. The van der Waals surface area contributed by atoms with Crippen molar-refractivity contribution in [2.45, 2.75) is 51.6 Å². The summed E-state index contributed by atoms with van der Waals surface area (Å²) in [5.74, 6) is -0.347. The number of aromatic nitrogens is 2. The summed E-state index contributed by atoms with van der Waals surface area (Å²) in [7, 11) is 0. The van der Waals surface area contributed by atoms with Crippen molar-refractivity contribution in [1.82, 2.24) is 9.97 Å². The van der Waals surface area contributed by atoms with Crippen LogP contribution >= 0.6 is 11.3 Å². The molecule has 2 amide bonds. The Bertz CT molecular complexity index is 1120. The number of anilines is 2. The van der Waals surface area contributed by atoms with Gasteiger partial charge in [0.1, 0.15) is 11.4 Å². The number of pyridine rings is 1. The Morgan fingerprint density at radius 1 is 1.14 bits per heavy atom. The molecule has 0 radical (unpaired) electrons. The van der Waals surface area contributed by atoms with Crippen molar-refractivity contribution in [2.24, 2.45) is 5.73 Å². The van der Waals surface area contributed by atoms with E-state index in [4.69, 9.17) is 10.5 Å². The van der Waals surface area contributed by atoms with Crippen molar-refractivity contribution >= 4 is 28.2 Å². The van der Waals surface area contributed by atoms with Gasteiger partial charge in [0.2, 0.25) is 10.3 Å². The highest BCUT2D eigenvalue weighted by Crippen LogP contribution is 2.41. The van der Waals surface area contributed by atoms with Gasteiger partial charge < -0.3 is 10.5 Å². The number of halogens is 4. The summed E-state index contributed by atoms with van der Waals surface area (Å²) in [4.78, 5) is 20.9. The first-order valence-electron chi connectivity index (χ1n) is 11.2. The Hall–Kier alpha value is -3.21. The van der Waals surface area contributed by atoms with E-state index in [1.165, 1.54) is 18.5 Å². The molecule has 188 valence electrons.